The summed E-state index contributed by atoms with van der Waals surface area (Å²) in [5, 5.41) is 12.1. The molecule has 0 amide bonds. The Kier molecular flexibility index (Phi) is 4.56. The number of hydrogen-bond acceptors (Lipinski definition) is 4. The fourth-order valence-corrected chi connectivity index (χ4v) is 2.38. The van der Waals surface area contributed by atoms with Gasteiger partial charge in [0.15, 0.2) is 0 Å². The zero-order chi connectivity index (χ0) is 15.2. The number of fused-ring (bicyclic) bond motifs is 1. The number of ether oxygens (including phenoxy) is 1. The summed E-state index contributed by atoms with van der Waals surface area (Å²) >= 11 is 0. The predicted octanol–water partition coefficient (Wildman–Crippen LogP) is 2.52. The summed E-state index contributed by atoms with van der Waals surface area (Å²) in [6.45, 7) is 1.79. The zero-order valence-corrected chi connectivity index (χ0v) is 12.3. The fraction of sp³-hybridized carbons (Fsp3) is 0.235. The number of aliphatic hydroxyl groups excluding tert-OH is 1. The van der Waals surface area contributed by atoms with Crippen LogP contribution in [0.2, 0.25) is 0 Å². The number of nitrogens with zero attached hydrogens (tertiary/aromatic N) is 2. The Balaban J connectivity index is 1.76. The van der Waals surface area contributed by atoms with Crippen LogP contribution in [0.5, 0.6) is 5.75 Å². The lowest BCUT2D eigenvalue weighted by Gasteiger charge is -2.11. The average molecular weight is 297 g/mol. The van der Waals surface area contributed by atoms with Crippen LogP contribution >= 0.6 is 0 Å². The van der Waals surface area contributed by atoms with Crippen LogP contribution in [0.1, 0.15) is 0 Å². The molecule has 5 heteroatoms. The first kappa shape index (κ1) is 14.4. The molecule has 2 N–H and O–H groups in total. The van der Waals surface area contributed by atoms with Gasteiger partial charge >= 0.3 is 0 Å². The van der Waals surface area contributed by atoms with Crippen LogP contribution in [-0.4, -0.2) is 34.4 Å². The lowest BCUT2D eigenvalue weighted by molar-refractivity contribution is 0.299. The van der Waals surface area contributed by atoms with Crippen LogP contribution in [0.4, 0.5) is 5.95 Å². The molecule has 0 bridgehead atoms. The lowest BCUT2D eigenvalue weighted by Crippen LogP contribution is -2.14. The number of nitrogens with one attached hydrogen (secondary N) is 1. The second-order valence-electron chi connectivity index (χ2n) is 4.89. The maximum Gasteiger partial charge on any atom is 0.204 e. The van der Waals surface area contributed by atoms with Crippen molar-refractivity contribution in [1.29, 1.82) is 0 Å². The van der Waals surface area contributed by atoms with E-state index in [1.165, 1.54) is 0 Å². The van der Waals surface area contributed by atoms with E-state index in [9.17, 15) is 0 Å². The monoisotopic (exact) mass is 297 g/mol. The van der Waals surface area contributed by atoms with Crippen molar-refractivity contribution < 1.29 is 9.84 Å². The molecule has 0 atom stereocenters. The van der Waals surface area contributed by atoms with E-state index < -0.39 is 0 Å². The first-order valence-electron chi connectivity index (χ1n) is 7.36. The van der Waals surface area contributed by atoms with Crippen molar-refractivity contribution >= 4 is 17.0 Å². The molecule has 3 rings (SSSR count). The van der Waals surface area contributed by atoms with Gasteiger partial charge in [-0.3, -0.25) is 0 Å². The van der Waals surface area contributed by atoms with Crippen LogP contribution < -0.4 is 10.1 Å². The van der Waals surface area contributed by atoms with Gasteiger partial charge in [-0.1, -0.05) is 30.3 Å². The SMILES string of the molecule is OCCNc1nc2ccccc2n1CCOc1ccccc1. The van der Waals surface area contributed by atoms with E-state index >= 15 is 0 Å². The predicted molar refractivity (Wildman–Crippen MR) is 87.2 cm³/mol. The summed E-state index contributed by atoms with van der Waals surface area (Å²) in [5.41, 5.74) is 1.99. The highest BCUT2D eigenvalue weighted by Gasteiger charge is 2.09. The molecule has 1 heterocycles. The minimum absolute atomic E-state index is 0.0731. The van der Waals surface area contributed by atoms with Crippen molar-refractivity contribution in [3.8, 4) is 5.75 Å². The van der Waals surface area contributed by atoms with Gasteiger partial charge in [-0.15, -0.1) is 0 Å². The summed E-state index contributed by atoms with van der Waals surface area (Å²) in [6, 6.07) is 17.7. The number of benzene rings is 2. The van der Waals surface area contributed by atoms with Crippen molar-refractivity contribution in [2.24, 2.45) is 0 Å². The number of anilines is 1. The molecule has 0 unspecified atom stereocenters. The second-order valence-corrected chi connectivity index (χ2v) is 4.89. The van der Waals surface area contributed by atoms with Crippen molar-refractivity contribution in [2.45, 2.75) is 6.54 Å². The third-order valence-electron chi connectivity index (χ3n) is 3.38. The lowest BCUT2D eigenvalue weighted by atomic mass is 10.3. The Morgan fingerprint density at radius 1 is 1.05 bits per heavy atom. The van der Waals surface area contributed by atoms with Gasteiger partial charge < -0.3 is 19.7 Å². The third-order valence-corrected chi connectivity index (χ3v) is 3.38. The molecule has 114 valence electrons. The maximum atomic E-state index is 8.99. The van der Waals surface area contributed by atoms with E-state index in [4.69, 9.17) is 9.84 Å². The molecule has 5 nitrogen and oxygen atoms in total. The van der Waals surface area contributed by atoms with Gasteiger partial charge in [-0.25, -0.2) is 4.98 Å². The second kappa shape index (κ2) is 6.95. The topological polar surface area (TPSA) is 59.3 Å². The summed E-state index contributed by atoms with van der Waals surface area (Å²) in [4.78, 5) is 4.56. The summed E-state index contributed by atoms with van der Waals surface area (Å²) in [5.74, 6) is 1.61. The van der Waals surface area contributed by atoms with Crippen LogP contribution in [0.25, 0.3) is 11.0 Å². The van der Waals surface area contributed by atoms with E-state index in [2.05, 4.69) is 14.9 Å². The van der Waals surface area contributed by atoms with Crippen LogP contribution in [-0.2, 0) is 6.54 Å². The van der Waals surface area contributed by atoms with Gasteiger partial charge in [-0.2, -0.15) is 0 Å². The molecular formula is C17H19N3O2. The minimum atomic E-state index is 0.0731. The fourth-order valence-electron chi connectivity index (χ4n) is 2.38. The number of rotatable bonds is 7. The number of aliphatic hydroxyl groups is 1. The highest BCUT2D eigenvalue weighted by atomic mass is 16.5. The Morgan fingerprint density at radius 3 is 2.64 bits per heavy atom. The van der Waals surface area contributed by atoms with E-state index in [1.54, 1.807) is 0 Å². The smallest absolute Gasteiger partial charge is 0.204 e. The standard InChI is InChI=1S/C17H19N3O2/c21-12-10-18-17-19-15-8-4-5-9-16(15)20(17)11-13-22-14-6-2-1-3-7-14/h1-9,21H,10-13H2,(H,18,19). The van der Waals surface area contributed by atoms with Crippen LogP contribution in [0, 0.1) is 0 Å². The molecule has 22 heavy (non-hydrogen) atoms. The quantitative estimate of drug-likeness (QED) is 0.703. The molecule has 0 aliphatic carbocycles. The van der Waals surface area contributed by atoms with Crippen molar-refractivity contribution in [3.05, 3.63) is 54.6 Å². The summed E-state index contributed by atoms with van der Waals surface area (Å²) in [7, 11) is 0. The largest absolute Gasteiger partial charge is 0.492 e. The molecule has 0 fully saturated rings. The van der Waals surface area contributed by atoms with Gasteiger partial charge in [0.1, 0.15) is 12.4 Å². The Bertz CT molecular complexity index is 725. The first-order valence-corrected chi connectivity index (χ1v) is 7.36. The van der Waals surface area contributed by atoms with E-state index in [-0.39, 0.29) is 6.61 Å². The highest BCUT2D eigenvalue weighted by Crippen LogP contribution is 2.19. The minimum Gasteiger partial charge on any atom is -0.492 e. The van der Waals surface area contributed by atoms with E-state index in [0.717, 1.165) is 22.7 Å². The average Bonchev–Trinajstić information content (AvgIpc) is 2.92. The first-order chi connectivity index (χ1) is 10.9. The van der Waals surface area contributed by atoms with Gasteiger partial charge in [0.05, 0.1) is 24.2 Å². The Hall–Kier alpha value is -2.53. The third kappa shape index (κ3) is 3.20. The number of aromatic nitrogens is 2. The van der Waals surface area contributed by atoms with E-state index in [0.29, 0.717) is 19.7 Å². The Morgan fingerprint density at radius 2 is 1.82 bits per heavy atom. The van der Waals surface area contributed by atoms with Crippen molar-refractivity contribution in [1.82, 2.24) is 9.55 Å². The molecule has 3 aromatic rings. The molecule has 0 aliphatic rings. The summed E-state index contributed by atoms with van der Waals surface area (Å²) < 4.78 is 7.84. The molecule has 0 aliphatic heterocycles. The van der Waals surface area contributed by atoms with Crippen molar-refractivity contribution in [3.63, 3.8) is 0 Å². The number of imidazole rings is 1. The number of hydrogen-bond donors (Lipinski definition) is 2. The molecule has 0 saturated heterocycles. The zero-order valence-electron chi connectivity index (χ0n) is 12.3. The highest BCUT2D eigenvalue weighted by molar-refractivity contribution is 5.78. The molecule has 0 radical (unpaired) electrons. The summed E-state index contributed by atoms with van der Waals surface area (Å²) in [6.07, 6.45) is 0. The Labute approximate surface area is 129 Å². The van der Waals surface area contributed by atoms with E-state index in [1.807, 2.05) is 54.6 Å². The molecule has 0 spiro atoms. The molecule has 2 aromatic carbocycles. The van der Waals surface area contributed by atoms with Gasteiger partial charge in [0.2, 0.25) is 5.95 Å². The van der Waals surface area contributed by atoms with Crippen molar-refractivity contribution in [2.75, 3.05) is 25.1 Å². The van der Waals surface area contributed by atoms with Gasteiger partial charge in [0, 0.05) is 6.54 Å². The van der Waals surface area contributed by atoms with Gasteiger partial charge in [0.25, 0.3) is 0 Å². The molecular weight excluding hydrogens is 278 g/mol. The molecule has 1 aromatic heterocycles. The maximum absolute atomic E-state index is 8.99. The number of para-hydroxylation sites is 3. The van der Waals surface area contributed by atoms with Crippen LogP contribution in [0.3, 0.4) is 0 Å². The molecule has 0 saturated carbocycles. The normalized spacial score (nSPS) is 10.8. The van der Waals surface area contributed by atoms with Crippen LogP contribution in [0.15, 0.2) is 54.6 Å². The van der Waals surface area contributed by atoms with Gasteiger partial charge in [-0.05, 0) is 24.3 Å².